The van der Waals surface area contributed by atoms with Gasteiger partial charge in [0, 0.05) is 32.6 Å². The molecule has 4 heteroatoms. The molecule has 104 valence electrons. The summed E-state index contributed by atoms with van der Waals surface area (Å²) in [5, 5.41) is 0. The number of carbonyl (C=O) groups is 1. The van der Waals surface area contributed by atoms with E-state index >= 15 is 0 Å². The fourth-order valence-corrected chi connectivity index (χ4v) is 2.45. The molecule has 1 aromatic rings. The van der Waals surface area contributed by atoms with Crippen LogP contribution in [0.3, 0.4) is 0 Å². The van der Waals surface area contributed by atoms with Gasteiger partial charge in [0.1, 0.15) is 5.75 Å². The molecule has 1 aliphatic rings. The van der Waals surface area contributed by atoms with Crippen LogP contribution in [0.25, 0.3) is 0 Å². The van der Waals surface area contributed by atoms with E-state index < -0.39 is 0 Å². The largest absolute Gasteiger partial charge is 0.497 e. The molecule has 0 bridgehead atoms. The number of hydrogen-bond donors (Lipinski definition) is 0. The molecule has 1 aliphatic heterocycles. The SMILES string of the molecule is COc1ccc(CN(C)C2CCN(C)C(=O)C2)cc1. The maximum Gasteiger partial charge on any atom is 0.223 e. The summed E-state index contributed by atoms with van der Waals surface area (Å²) in [6.45, 7) is 1.72. The minimum absolute atomic E-state index is 0.248. The topological polar surface area (TPSA) is 32.8 Å². The molecule has 1 unspecified atom stereocenters. The Balaban J connectivity index is 1.92. The highest BCUT2D eigenvalue weighted by Gasteiger charge is 2.25. The molecule has 4 nitrogen and oxygen atoms in total. The second-order valence-electron chi connectivity index (χ2n) is 5.23. The lowest BCUT2D eigenvalue weighted by Gasteiger charge is -2.34. The van der Waals surface area contributed by atoms with E-state index in [2.05, 4.69) is 24.1 Å². The summed E-state index contributed by atoms with van der Waals surface area (Å²) < 4.78 is 5.15. The first-order chi connectivity index (χ1) is 9.10. The van der Waals surface area contributed by atoms with Crippen molar-refractivity contribution in [3.63, 3.8) is 0 Å². The summed E-state index contributed by atoms with van der Waals surface area (Å²) in [4.78, 5) is 15.8. The summed E-state index contributed by atoms with van der Waals surface area (Å²) in [6.07, 6.45) is 1.68. The molecule has 1 saturated heterocycles. The smallest absolute Gasteiger partial charge is 0.223 e. The van der Waals surface area contributed by atoms with Gasteiger partial charge in [0.05, 0.1) is 7.11 Å². The van der Waals surface area contributed by atoms with Crippen molar-refractivity contribution in [2.24, 2.45) is 0 Å². The van der Waals surface area contributed by atoms with Crippen molar-refractivity contribution in [3.05, 3.63) is 29.8 Å². The third-order valence-electron chi connectivity index (χ3n) is 3.85. The average Bonchev–Trinajstić information content (AvgIpc) is 2.42. The first-order valence-corrected chi connectivity index (χ1v) is 6.67. The van der Waals surface area contributed by atoms with E-state index in [1.165, 1.54) is 5.56 Å². The molecule has 1 fully saturated rings. The molecular weight excluding hydrogens is 240 g/mol. The predicted molar refractivity (Wildman–Crippen MR) is 75.1 cm³/mol. The standard InChI is InChI=1S/C15H22N2O2/c1-16-9-8-13(10-15(16)18)17(2)11-12-4-6-14(19-3)7-5-12/h4-7,13H,8-11H2,1-3H3. The van der Waals surface area contributed by atoms with Gasteiger partial charge in [-0.05, 0) is 31.2 Å². The lowest BCUT2D eigenvalue weighted by atomic mass is 10.0. The van der Waals surface area contributed by atoms with Crippen LogP contribution in [0.15, 0.2) is 24.3 Å². The van der Waals surface area contributed by atoms with Crippen molar-refractivity contribution in [2.75, 3.05) is 27.7 Å². The highest BCUT2D eigenvalue weighted by atomic mass is 16.5. The summed E-state index contributed by atoms with van der Waals surface area (Å²) in [5.41, 5.74) is 1.25. The van der Waals surface area contributed by atoms with E-state index in [1.54, 1.807) is 7.11 Å². The molecular formula is C15H22N2O2. The Morgan fingerprint density at radius 1 is 1.37 bits per heavy atom. The first-order valence-electron chi connectivity index (χ1n) is 6.67. The number of nitrogens with zero attached hydrogens (tertiary/aromatic N) is 2. The zero-order chi connectivity index (χ0) is 13.8. The number of rotatable bonds is 4. The van der Waals surface area contributed by atoms with Crippen LogP contribution in [0.4, 0.5) is 0 Å². The van der Waals surface area contributed by atoms with Crippen molar-refractivity contribution < 1.29 is 9.53 Å². The third-order valence-corrected chi connectivity index (χ3v) is 3.85. The number of amides is 1. The Morgan fingerprint density at radius 3 is 2.63 bits per heavy atom. The van der Waals surface area contributed by atoms with Gasteiger partial charge in [-0.25, -0.2) is 0 Å². The van der Waals surface area contributed by atoms with Crippen LogP contribution in [-0.4, -0.2) is 49.5 Å². The lowest BCUT2D eigenvalue weighted by Crippen LogP contribution is -2.44. The second kappa shape index (κ2) is 6.06. The van der Waals surface area contributed by atoms with Gasteiger partial charge in [-0.15, -0.1) is 0 Å². The fourth-order valence-electron chi connectivity index (χ4n) is 2.45. The number of ether oxygens (including phenoxy) is 1. The zero-order valence-corrected chi connectivity index (χ0v) is 11.9. The average molecular weight is 262 g/mol. The Morgan fingerprint density at radius 2 is 2.05 bits per heavy atom. The van der Waals surface area contributed by atoms with Gasteiger partial charge in [-0.2, -0.15) is 0 Å². The second-order valence-corrected chi connectivity index (χ2v) is 5.23. The molecule has 1 amide bonds. The quantitative estimate of drug-likeness (QED) is 0.828. The van der Waals surface area contributed by atoms with Crippen molar-refractivity contribution in [3.8, 4) is 5.75 Å². The van der Waals surface area contributed by atoms with Crippen LogP contribution in [0.1, 0.15) is 18.4 Å². The van der Waals surface area contributed by atoms with E-state index in [0.717, 1.165) is 25.3 Å². The van der Waals surface area contributed by atoms with Gasteiger partial charge in [0.15, 0.2) is 0 Å². The van der Waals surface area contributed by atoms with E-state index in [0.29, 0.717) is 12.5 Å². The molecule has 1 heterocycles. The monoisotopic (exact) mass is 262 g/mol. The van der Waals surface area contributed by atoms with Crippen LogP contribution in [0.2, 0.25) is 0 Å². The van der Waals surface area contributed by atoms with E-state index in [4.69, 9.17) is 4.74 Å². The molecule has 0 spiro atoms. The van der Waals surface area contributed by atoms with Gasteiger partial charge in [-0.3, -0.25) is 9.69 Å². The van der Waals surface area contributed by atoms with Gasteiger partial charge in [0.2, 0.25) is 5.91 Å². The van der Waals surface area contributed by atoms with Gasteiger partial charge in [0.25, 0.3) is 0 Å². The van der Waals surface area contributed by atoms with Crippen LogP contribution in [0, 0.1) is 0 Å². The molecule has 0 N–H and O–H groups in total. The van der Waals surface area contributed by atoms with E-state index in [1.807, 2.05) is 24.1 Å². The minimum atomic E-state index is 0.248. The highest BCUT2D eigenvalue weighted by molar-refractivity contribution is 5.77. The Hall–Kier alpha value is -1.55. The molecule has 1 aromatic carbocycles. The van der Waals surface area contributed by atoms with Crippen LogP contribution < -0.4 is 4.74 Å². The Bertz CT molecular complexity index is 430. The van der Waals surface area contributed by atoms with Gasteiger partial charge >= 0.3 is 0 Å². The number of likely N-dealkylation sites (tertiary alicyclic amines) is 1. The molecule has 0 radical (unpaired) electrons. The normalized spacial score (nSPS) is 19.9. The van der Waals surface area contributed by atoms with Crippen LogP contribution in [-0.2, 0) is 11.3 Å². The minimum Gasteiger partial charge on any atom is -0.497 e. The number of benzene rings is 1. The maximum atomic E-state index is 11.7. The van der Waals surface area contributed by atoms with Crippen molar-refractivity contribution >= 4 is 5.91 Å². The zero-order valence-electron chi connectivity index (χ0n) is 11.9. The highest BCUT2D eigenvalue weighted by Crippen LogP contribution is 2.18. The van der Waals surface area contributed by atoms with Gasteiger partial charge in [-0.1, -0.05) is 12.1 Å². The van der Waals surface area contributed by atoms with Crippen molar-refractivity contribution in [1.29, 1.82) is 0 Å². The molecule has 0 aliphatic carbocycles. The predicted octanol–water partition coefficient (Wildman–Crippen LogP) is 1.75. The number of hydrogen-bond acceptors (Lipinski definition) is 3. The van der Waals surface area contributed by atoms with E-state index in [9.17, 15) is 4.79 Å². The summed E-state index contributed by atoms with van der Waals surface area (Å²) >= 11 is 0. The summed E-state index contributed by atoms with van der Waals surface area (Å²) in [7, 11) is 5.64. The molecule has 1 atom stereocenters. The molecule has 0 saturated carbocycles. The van der Waals surface area contributed by atoms with Gasteiger partial charge < -0.3 is 9.64 Å². The number of carbonyl (C=O) groups excluding carboxylic acids is 1. The van der Waals surface area contributed by atoms with E-state index in [-0.39, 0.29) is 5.91 Å². The third kappa shape index (κ3) is 3.47. The van der Waals surface area contributed by atoms with Crippen LogP contribution in [0.5, 0.6) is 5.75 Å². The summed E-state index contributed by atoms with van der Waals surface area (Å²) in [5.74, 6) is 1.12. The Labute approximate surface area is 115 Å². The first kappa shape index (κ1) is 13.9. The lowest BCUT2D eigenvalue weighted by molar-refractivity contribution is -0.134. The molecule has 2 rings (SSSR count). The summed E-state index contributed by atoms with van der Waals surface area (Å²) in [6, 6.07) is 8.45. The molecule has 19 heavy (non-hydrogen) atoms. The fraction of sp³-hybridized carbons (Fsp3) is 0.533. The molecule has 0 aromatic heterocycles. The number of piperidine rings is 1. The van der Waals surface area contributed by atoms with Crippen LogP contribution >= 0.6 is 0 Å². The van der Waals surface area contributed by atoms with Crippen molar-refractivity contribution in [1.82, 2.24) is 9.80 Å². The number of methoxy groups -OCH3 is 1. The van der Waals surface area contributed by atoms with Crippen molar-refractivity contribution in [2.45, 2.75) is 25.4 Å². The maximum absolute atomic E-state index is 11.7. The Kier molecular flexibility index (Phi) is 4.43.